The maximum Gasteiger partial charge on any atom is 0.193 e. The molecule has 1 aromatic rings. The van der Waals surface area contributed by atoms with Gasteiger partial charge in [0.15, 0.2) is 5.96 Å². The minimum atomic E-state index is 0. The smallest absolute Gasteiger partial charge is 0.193 e. The Kier molecular flexibility index (Phi) is 10.3. The van der Waals surface area contributed by atoms with Crippen molar-refractivity contribution in [2.24, 2.45) is 10.9 Å². The third-order valence-corrected chi connectivity index (χ3v) is 5.68. The fourth-order valence-electron chi connectivity index (χ4n) is 3.84. The minimum absolute atomic E-state index is 0. The largest absolute Gasteiger partial charge is 0.381 e. The molecule has 2 unspecified atom stereocenters. The monoisotopic (exact) mass is 522 g/mol. The first-order valence-electron chi connectivity index (χ1n) is 9.74. The Labute approximate surface area is 190 Å². The maximum atomic E-state index is 6.52. The second kappa shape index (κ2) is 12.2. The van der Waals surface area contributed by atoms with Crippen LogP contribution in [0.4, 0.5) is 0 Å². The lowest BCUT2D eigenvalue weighted by molar-refractivity contribution is 0.0169. The number of nitrogens with zero attached hydrogens (tertiary/aromatic N) is 3. The Bertz CT molecular complexity index is 622. The van der Waals surface area contributed by atoms with Crippen molar-refractivity contribution < 1.29 is 9.47 Å². The molecule has 2 aliphatic rings. The highest BCUT2D eigenvalue weighted by Gasteiger charge is 2.25. The molecule has 0 bridgehead atoms. The Balaban J connectivity index is 0.00000280. The van der Waals surface area contributed by atoms with Gasteiger partial charge in [-0.25, -0.2) is 0 Å². The Morgan fingerprint density at radius 2 is 2.04 bits per heavy atom. The van der Waals surface area contributed by atoms with E-state index < -0.39 is 0 Å². The molecule has 28 heavy (non-hydrogen) atoms. The highest BCUT2D eigenvalue weighted by molar-refractivity contribution is 14.0. The van der Waals surface area contributed by atoms with Crippen molar-refractivity contribution >= 4 is 41.5 Å². The zero-order chi connectivity index (χ0) is 19.1. The van der Waals surface area contributed by atoms with Gasteiger partial charge in [0.25, 0.3) is 0 Å². The molecule has 2 heterocycles. The highest BCUT2D eigenvalue weighted by Crippen LogP contribution is 2.27. The molecule has 2 aliphatic heterocycles. The fraction of sp³-hybridized carbons (Fsp3) is 0.650. The summed E-state index contributed by atoms with van der Waals surface area (Å²) in [4.78, 5) is 9.11. The first kappa shape index (κ1) is 23.7. The average Bonchev–Trinajstić information content (AvgIpc) is 3.20. The van der Waals surface area contributed by atoms with E-state index in [1.54, 1.807) is 0 Å². The number of halogens is 2. The summed E-state index contributed by atoms with van der Waals surface area (Å²) >= 11 is 6.52. The van der Waals surface area contributed by atoms with Crippen molar-refractivity contribution in [2.75, 3.05) is 66.7 Å². The molecular weight excluding hydrogens is 491 g/mol. The topological polar surface area (TPSA) is 49.3 Å². The summed E-state index contributed by atoms with van der Waals surface area (Å²) in [5, 5.41) is 4.37. The number of hydrogen-bond donors (Lipinski definition) is 1. The molecule has 1 aromatic carbocycles. The van der Waals surface area contributed by atoms with E-state index in [1.165, 1.54) is 0 Å². The van der Waals surface area contributed by atoms with Crippen LogP contribution in [-0.4, -0.2) is 82.5 Å². The van der Waals surface area contributed by atoms with Crippen LogP contribution in [0.15, 0.2) is 29.3 Å². The lowest BCUT2D eigenvalue weighted by atomic mass is 10.0. The van der Waals surface area contributed by atoms with Gasteiger partial charge < -0.3 is 19.7 Å². The molecule has 8 heteroatoms. The summed E-state index contributed by atoms with van der Waals surface area (Å²) in [6, 6.07) is 8.29. The maximum absolute atomic E-state index is 6.52. The molecule has 3 rings (SSSR count). The number of rotatable bonds is 6. The van der Waals surface area contributed by atoms with Crippen LogP contribution in [0.25, 0.3) is 0 Å². The van der Waals surface area contributed by atoms with Gasteiger partial charge in [0.2, 0.25) is 0 Å². The summed E-state index contributed by atoms with van der Waals surface area (Å²) in [7, 11) is 3.93. The third-order valence-electron chi connectivity index (χ3n) is 5.33. The van der Waals surface area contributed by atoms with Crippen LogP contribution in [0, 0.1) is 5.92 Å². The van der Waals surface area contributed by atoms with E-state index in [4.69, 9.17) is 21.1 Å². The van der Waals surface area contributed by atoms with Crippen molar-refractivity contribution in [3.63, 3.8) is 0 Å². The Morgan fingerprint density at radius 1 is 1.29 bits per heavy atom. The molecule has 0 aliphatic carbocycles. The number of benzene rings is 1. The molecule has 158 valence electrons. The van der Waals surface area contributed by atoms with Crippen LogP contribution in [0.1, 0.15) is 18.0 Å². The zero-order valence-corrected chi connectivity index (χ0v) is 19.9. The van der Waals surface area contributed by atoms with Gasteiger partial charge in [0.1, 0.15) is 0 Å². The first-order valence-corrected chi connectivity index (χ1v) is 10.1. The zero-order valence-electron chi connectivity index (χ0n) is 16.8. The van der Waals surface area contributed by atoms with Crippen molar-refractivity contribution in [3.05, 3.63) is 34.9 Å². The van der Waals surface area contributed by atoms with Crippen molar-refractivity contribution in [1.29, 1.82) is 0 Å². The second-order valence-electron chi connectivity index (χ2n) is 7.22. The van der Waals surface area contributed by atoms with Crippen LogP contribution >= 0.6 is 35.6 Å². The van der Waals surface area contributed by atoms with E-state index in [0.29, 0.717) is 5.92 Å². The molecule has 0 spiro atoms. The second-order valence-corrected chi connectivity index (χ2v) is 7.63. The van der Waals surface area contributed by atoms with Gasteiger partial charge in [-0.15, -0.1) is 24.0 Å². The molecule has 1 N–H and O–H groups in total. The highest BCUT2D eigenvalue weighted by atomic mass is 127. The number of guanidine groups is 1. The van der Waals surface area contributed by atoms with E-state index in [2.05, 4.69) is 39.3 Å². The lowest BCUT2D eigenvalue weighted by Crippen LogP contribution is -2.47. The molecule has 6 nitrogen and oxygen atoms in total. The van der Waals surface area contributed by atoms with Crippen LogP contribution in [0.3, 0.4) is 0 Å². The normalized spacial score (nSPS) is 21.8. The third kappa shape index (κ3) is 6.45. The van der Waals surface area contributed by atoms with Gasteiger partial charge in [-0.2, -0.15) is 0 Å². The van der Waals surface area contributed by atoms with E-state index in [9.17, 15) is 0 Å². The van der Waals surface area contributed by atoms with Crippen molar-refractivity contribution in [1.82, 2.24) is 15.1 Å². The van der Waals surface area contributed by atoms with Gasteiger partial charge in [0, 0.05) is 57.8 Å². The summed E-state index contributed by atoms with van der Waals surface area (Å²) in [5.41, 5.74) is 1.15. The number of aliphatic imine (C=N–C) groups is 1. The molecule has 0 amide bonds. The molecular formula is C20H32ClIN4O2. The number of ether oxygens (including phenoxy) is 2. The van der Waals surface area contributed by atoms with Gasteiger partial charge in [-0.3, -0.25) is 9.89 Å². The fourth-order valence-corrected chi connectivity index (χ4v) is 4.11. The van der Waals surface area contributed by atoms with Crippen LogP contribution < -0.4 is 5.32 Å². The van der Waals surface area contributed by atoms with Crippen LogP contribution in [-0.2, 0) is 9.47 Å². The summed E-state index contributed by atoms with van der Waals surface area (Å²) in [6.07, 6.45) is 1.12. The predicted octanol–water partition coefficient (Wildman–Crippen LogP) is 2.88. The van der Waals surface area contributed by atoms with Gasteiger partial charge in [0.05, 0.1) is 25.9 Å². The molecule has 2 saturated heterocycles. The van der Waals surface area contributed by atoms with E-state index in [1.807, 2.05) is 19.2 Å². The molecule has 0 aromatic heterocycles. The molecule has 2 atom stereocenters. The van der Waals surface area contributed by atoms with Crippen LogP contribution in [0.2, 0.25) is 5.02 Å². The van der Waals surface area contributed by atoms with Crippen molar-refractivity contribution in [2.45, 2.75) is 12.5 Å². The van der Waals surface area contributed by atoms with Crippen LogP contribution in [0.5, 0.6) is 0 Å². The first-order chi connectivity index (χ1) is 13.2. The SMILES string of the molecule is CN=C(NCC(c1ccccc1Cl)N1CCOCC1)N(C)CC1CCOC1.I. The van der Waals surface area contributed by atoms with E-state index in [-0.39, 0.29) is 30.0 Å². The lowest BCUT2D eigenvalue weighted by Gasteiger charge is -2.36. The summed E-state index contributed by atoms with van der Waals surface area (Å²) < 4.78 is 11.0. The molecule has 0 radical (unpaired) electrons. The average molecular weight is 523 g/mol. The minimum Gasteiger partial charge on any atom is -0.381 e. The molecule has 0 saturated carbocycles. The van der Waals surface area contributed by atoms with E-state index >= 15 is 0 Å². The summed E-state index contributed by atoms with van der Waals surface area (Å²) in [5.74, 6) is 1.49. The van der Waals surface area contributed by atoms with E-state index in [0.717, 1.165) is 75.6 Å². The quantitative estimate of drug-likeness (QED) is 0.354. The standard InChI is InChI=1S/C20H31ClN4O2.HI/c1-22-20(24(2)14-16-7-10-27-15-16)23-13-19(25-8-11-26-12-9-25)17-5-3-4-6-18(17)21;/h3-6,16,19H,7-15H2,1-2H3,(H,22,23);1H. The number of nitrogens with one attached hydrogen (secondary N) is 1. The number of morpholine rings is 1. The summed E-state index contributed by atoms with van der Waals surface area (Å²) in [6.45, 7) is 6.76. The number of hydrogen-bond acceptors (Lipinski definition) is 4. The molecule has 2 fully saturated rings. The Morgan fingerprint density at radius 3 is 2.68 bits per heavy atom. The van der Waals surface area contributed by atoms with Gasteiger partial charge in [-0.1, -0.05) is 29.8 Å². The van der Waals surface area contributed by atoms with Gasteiger partial charge in [-0.05, 0) is 18.1 Å². The van der Waals surface area contributed by atoms with Crippen molar-refractivity contribution in [3.8, 4) is 0 Å². The van der Waals surface area contributed by atoms with Gasteiger partial charge >= 0.3 is 0 Å². The predicted molar refractivity (Wildman–Crippen MR) is 125 cm³/mol. The Hall–Kier alpha value is -0.610.